The maximum atomic E-state index is 11.0. The molecule has 0 radical (unpaired) electrons. The van der Waals surface area contributed by atoms with Crippen molar-refractivity contribution in [1.29, 1.82) is 5.26 Å². The Balaban J connectivity index is 0.824. The molecule has 11 aromatic carbocycles. The molecule has 9 heteroatoms. The molecule has 15 rings (SSSR count). The summed E-state index contributed by atoms with van der Waals surface area (Å²) in [5.74, 6) is 0.479. The predicted octanol–water partition coefficient (Wildman–Crippen LogP) is 19.6. The molecule has 0 bridgehead atoms. The topological polar surface area (TPSA) is 77.4 Å². The number of hydrogen-bond acceptors (Lipinski definition) is 3. The first kappa shape index (κ1) is 48.0. The van der Waals surface area contributed by atoms with Crippen LogP contribution < -0.4 is 0 Å². The molecule has 0 N–H and O–H groups in total. The highest BCUT2D eigenvalue weighted by atomic mass is 15.0. The lowest BCUT2D eigenvalue weighted by molar-refractivity contribution is 1.16. The van der Waals surface area contributed by atoms with E-state index in [2.05, 4.69) is 180 Å². The second-order valence-electron chi connectivity index (χ2n) is 20.5. The third kappa shape index (κ3) is 7.90. The largest absolute Gasteiger partial charge is 0.319 e. The number of rotatable bonds is 8. The van der Waals surface area contributed by atoms with Gasteiger partial charge in [0.2, 0.25) is 5.69 Å². The van der Waals surface area contributed by atoms with Crippen LogP contribution in [-0.4, -0.2) is 23.7 Å². The van der Waals surface area contributed by atoms with E-state index in [0.717, 1.165) is 88.6 Å². The Morgan fingerprint density at radius 3 is 1.25 bits per heavy atom. The van der Waals surface area contributed by atoms with E-state index in [9.17, 15) is 5.26 Å². The van der Waals surface area contributed by atoms with Gasteiger partial charge in [0.15, 0.2) is 17.2 Å². The van der Waals surface area contributed by atoms with Crippen molar-refractivity contribution in [2.75, 3.05) is 0 Å². The summed E-state index contributed by atoms with van der Waals surface area (Å²) in [4.78, 5) is 21.3. The third-order valence-electron chi connectivity index (χ3n) is 15.9. The first-order valence-corrected chi connectivity index (χ1v) is 27.0. The molecule has 0 spiro atoms. The fourth-order valence-corrected chi connectivity index (χ4v) is 12.1. The van der Waals surface area contributed by atoms with Crippen molar-refractivity contribution in [3.63, 3.8) is 0 Å². The van der Waals surface area contributed by atoms with Gasteiger partial charge in [0.1, 0.15) is 0 Å². The maximum Gasteiger partial charge on any atom is 0.211 e. The molecule has 9 nitrogen and oxygen atoms in total. The molecule has 0 aliphatic carbocycles. The number of nitriles is 1. The Morgan fingerprint density at radius 2 is 0.771 bits per heavy atom. The minimum Gasteiger partial charge on any atom is -0.319 e. The van der Waals surface area contributed by atoms with Crippen molar-refractivity contribution in [2.45, 2.75) is 0 Å². The van der Waals surface area contributed by atoms with Crippen LogP contribution in [0.2, 0.25) is 0 Å². The molecule has 0 saturated carbocycles. The van der Waals surface area contributed by atoms with Gasteiger partial charge in [0.05, 0.1) is 81.5 Å². The zero-order valence-electron chi connectivity index (χ0n) is 44.2. The summed E-state index contributed by atoms with van der Waals surface area (Å²) in [7, 11) is 0. The smallest absolute Gasteiger partial charge is 0.211 e. The van der Waals surface area contributed by atoms with Gasteiger partial charge in [-0.3, -0.25) is 0 Å². The zero-order valence-corrected chi connectivity index (χ0v) is 44.2. The Hall–Kier alpha value is -12.1. The Bertz CT molecular complexity index is 5020. The van der Waals surface area contributed by atoms with Crippen molar-refractivity contribution < 1.29 is 0 Å². The van der Waals surface area contributed by atoms with E-state index in [4.69, 9.17) is 29.7 Å². The number of aromatic nitrogens is 5. The minimum atomic E-state index is 0.421. The molecule has 83 heavy (non-hydrogen) atoms. The first-order chi connectivity index (χ1) is 40.9. The molecular formula is C74H41N9. The fourth-order valence-electron chi connectivity index (χ4n) is 12.1. The van der Waals surface area contributed by atoms with Gasteiger partial charge in [-0.15, -0.1) is 0 Å². The highest BCUT2D eigenvalue weighted by molar-refractivity contribution is 6.14. The van der Waals surface area contributed by atoms with E-state index >= 15 is 0 Å². The van der Waals surface area contributed by atoms with Crippen LogP contribution in [0, 0.1) is 31.0 Å². The van der Waals surface area contributed by atoms with E-state index in [-0.39, 0.29) is 0 Å². The minimum absolute atomic E-state index is 0.421. The normalized spacial score (nSPS) is 11.3. The lowest BCUT2D eigenvalue weighted by Gasteiger charge is -2.15. The molecule has 0 atom stereocenters. The van der Waals surface area contributed by atoms with Gasteiger partial charge in [-0.05, 0) is 119 Å². The van der Waals surface area contributed by atoms with Crippen LogP contribution in [0.3, 0.4) is 0 Å². The van der Waals surface area contributed by atoms with Gasteiger partial charge in [-0.25, -0.2) is 24.5 Å². The van der Waals surface area contributed by atoms with Crippen LogP contribution in [0.25, 0.3) is 153 Å². The molecule has 0 aliphatic heterocycles. The third-order valence-corrected chi connectivity index (χ3v) is 15.9. The number of fused-ring (bicyclic) bond motifs is 9. The van der Waals surface area contributed by atoms with E-state index in [1.165, 1.54) is 21.5 Å². The monoisotopic (exact) mass is 1060 g/mol. The Kier molecular flexibility index (Phi) is 11.2. The van der Waals surface area contributed by atoms with E-state index in [1.54, 1.807) is 18.2 Å². The van der Waals surface area contributed by atoms with Crippen molar-refractivity contribution in [3.8, 4) is 79.3 Å². The van der Waals surface area contributed by atoms with E-state index in [1.807, 2.05) is 84.9 Å². The summed E-state index contributed by atoms with van der Waals surface area (Å²) in [6.45, 7) is 23.9. The predicted molar refractivity (Wildman–Crippen MR) is 336 cm³/mol. The van der Waals surface area contributed by atoms with Crippen molar-refractivity contribution in [3.05, 3.63) is 289 Å². The highest BCUT2D eigenvalue weighted by Crippen LogP contribution is 2.43. The SMILES string of the molecule is [C-]#[N+]c1cccc(-c2cc(-c3ccc(-c4ccc(-c5cc([N+]#[C-])c(-n6c7ccc(-n8c9ccccc9c9ccccc98)cc7c7cc(-n8c9ccccc9c9ccccc98)ccc76)cc5C#N)cc4)cc3)nc(-c3cccc([N+]#[C-])c3)n2)c1. The van der Waals surface area contributed by atoms with Crippen LogP contribution >= 0.6 is 0 Å². The summed E-state index contributed by atoms with van der Waals surface area (Å²) in [5, 5.41) is 17.8. The lowest BCUT2D eigenvalue weighted by atomic mass is 9.95. The van der Waals surface area contributed by atoms with Crippen LogP contribution in [0.1, 0.15) is 5.56 Å². The van der Waals surface area contributed by atoms with Crippen molar-refractivity contribution in [2.24, 2.45) is 0 Å². The zero-order chi connectivity index (χ0) is 55.7. The summed E-state index contributed by atoms with van der Waals surface area (Å²) in [6.07, 6.45) is 0. The van der Waals surface area contributed by atoms with Gasteiger partial charge < -0.3 is 13.7 Å². The molecule has 4 aromatic heterocycles. The molecule has 15 aromatic rings. The molecule has 0 amide bonds. The molecular weight excluding hydrogens is 1010 g/mol. The van der Waals surface area contributed by atoms with E-state index in [0.29, 0.717) is 51.1 Å². The van der Waals surface area contributed by atoms with Crippen LogP contribution in [0.15, 0.2) is 249 Å². The second kappa shape index (κ2) is 19.3. The van der Waals surface area contributed by atoms with Gasteiger partial charge >= 0.3 is 0 Å². The summed E-state index contributed by atoms with van der Waals surface area (Å²) < 4.78 is 6.83. The van der Waals surface area contributed by atoms with Gasteiger partial charge in [0, 0.05) is 54.8 Å². The fraction of sp³-hybridized carbons (Fsp3) is 0. The van der Waals surface area contributed by atoms with Gasteiger partial charge in [0.25, 0.3) is 0 Å². The molecule has 0 fully saturated rings. The molecule has 0 saturated heterocycles. The van der Waals surface area contributed by atoms with Crippen molar-refractivity contribution in [1.82, 2.24) is 23.7 Å². The lowest BCUT2D eigenvalue weighted by Crippen LogP contribution is -1.98. The Morgan fingerprint density at radius 1 is 0.337 bits per heavy atom. The summed E-state index contributed by atoms with van der Waals surface area (Å²) in [5.41, 5.74) is 18.0. The Labute approximate surface area is 476 Å². The number of para-hydroxylation sites is 4. The van der Waals surface area contributed by atoms with Crippen molar-refractivity contribution >= 4 is 82.5 Å². The van der Waals surface area contributed by atoms with Crippen LogP contribution in [0.5, 0.6) is 0 Å². The molecule has 382 valence electrons. The van der Waals surface area contributed by atoms with Crippen LogP contribution in [0.4, 0.5) is 17.1 Å². The average molecular weight is 1060 g/mol. The summed E-state index contributed by atoms with van der Waals surface area (Å²) >= 11 is 0. The number of hydrogen-bond donors (Lipinski definition) is 0. The quantitative estimate of drug-likeness (QED) is 0.142. The van der Waals surface area contributed by atoms with E-state index < -0.39 is 0 Å². The van der Waals surface area contributed by atoms with Gasteiger partial charge in [-0.1, -0.05) is 158 Å². The second-order valence-corrected chi connectivity index (χ2v) is 20.5. The number of nitrogens with zero attached hydrogens (tertiary/aromatic N) is 9. The van der Waals surface area contributed by atoms with Gasteiger partial charge in [-0.2, -0.15) is 5.26 Å². The summed E-state index contributed by atoms with van der Waals surface area (Å²) in [6, 6.07) is 86.5. The molecule has 0 aliphatic rings. The molecule has 4 heterocycles. The average Bonchev–Trinajstić information content (AvgIpc) is 2.56. The van der Waals surface area contributed by atoms with Crippen LogP contribution in [-0.2, 0) is 0 Å². The highest BCUT2D eigenvalue weighted by Gasteiger charge is 2.22. The maximum absolute atomic E-state index is 11.0. The standard InChI is InChI=1S/C74H41N9/c1-76-53-16-12-14-50(38-53)65-44-64(79-74(80-65)51-15-13-17-54(39-51)77-2)49-32-28-47(29-33-49)46-26-30-48(31-27-46)61-43-66(78-3)73(40-52(61)45-75)83-71-36-34-55(81-67-22-8-4-18-57(67)58-19-5-9-23-68(58)81)41-62(71)63-42-56(35-37-72(63)83)82-69-24-10-6-20-59(69)60-21-7-11-25-70(60)82/h4-44H. The molecule has 0 unspecified atom stereocenters. The number of benzene rings is 11. The first-order valence-electron chi connectivity index (χ1n) is 27.0.